The monoisotopic (exact) mass is 457 g/mol. The van der Waals surface area contributed by atoms with Crippen LogP contribution >= 0.6 is 0 Å². The summed E-state index contributed by atoms with van der Waals surface area (Å²) in [7, 11) is 1.16. The molecule has 0 aliphatic heterocycles. The van der Waals surface area contributed by atoms with Gasteiger partial charge in [-0.3, -0.25) is 5.32 Å². The quantitative estimate of drug-likeness (QED) is 0.427. The van der Waals surface area contributed by atoms with Crippen molar-refractivity contribution in [3.8, 4) is 5.95 Å². The van der Waals surface area contributed by atoms with Gasteiger partial charge in [0.25, 0.3) is 5.95 Å². The Bertz CT molecular complexity index is 1380. The molecule has 4 aromatic rings. The third-order valence-electron chi connectivity index (χ3n) is 5.00. The van der Waals surface area contributed by atoms with Crippen molar-refractivity contribution >= 4 is 34.3 Å². The van der Waals surface area contributed by atoms with E-state index in [0.717, 1.165) is 13.2 Å². The zero-order chi connectivity index (χ0) is 23.9. The van der Waals surface area contributed by atoms with Gasteiger partial charge in [0, 0.05) is 17.4 Å². The summed E-state index contributed by atoms with van der Waals surface area (Å²) in [6.45, 7) is 1.51. The number of rotatable bonds is 4. The molecule has 9 nitrogen and oxygen atoms in total. The third kappa shape index (κ3) is 3.97. The van der Waals surface area contributed by atoms with E-state index in [0.29, 0.717) is 10.9 Å². The number of nitrogens with zero attached hydrogens (tertiary/aromatic N) is 4. The van der Waals surface area contributed by atoms with Crippen LogP contribution in [0.25, 0.3) is 16.9 Å². The summed E-state index contributed by atoms with van der Waals surface area (Å²) in [6.07, 6.45) is -1.08. The fourth-order valence-electron chi connectivity index (χ4n) is 3.34. The van der Waals surface area contributed by atoms with E-state index >= 15 is 0 Å². The van der Waals surface area contributed by atoms with E-state index in [2.05, 4.69) is 25.1 Å². The average molecular weight is 457 g/mol. The van der Waals surface area contributed by atoms with Gasteiger partial charge in [-0.05, 0) is 36.8 Å². The molecular formula is C21H18F3N7O2. The predicted molar refractivity (Wildman–Crippen MR) is 115 cm³/mol. The van der Waals surface area contributed by atoms with Gasteiger partial charge >= 0.3 is 6.09 Å². The van der Waals surface area contributed by atoms with Gasteiger partial charge in [-0.2, -0.15) is 19.7 Å². The van der Waals surface area contributed by atoms with Crippen LogP contribution in [0, 0.1) is 24.4 Å². The number of nitrogen functional groups attached to an aromatic ring is 2. The minimum absolute atomic E-state index is 0.0581. The van der Waals surface area contributed by atoms with E-state index in [1.807, 2.05) is 0 Å². The Morgan fingerprint density at radius 1 is 1.12 bits per heavy atom. The summed E-state index contributed by atoms with van der Waals surface area (Å²) in [5.74, 6) is -2.46. The van der Waals surface area contributed by atoms with E-state index in [-0.39, 0.29) is 46.5 Å². The van der Waals surface area contributed by atoms with Crippen molar-refractivity contribution in [2.24, 2.45) is 0 Å². The predicted octanol–water partition coefficient (Wildman–Crippen LogP) is 3.47. The normalized spacial score (nSPS) is 11.1. The molecule has 170 valence electrons. The highest BCUT2D eigenvalue weighted by atomic mass is 19.1. The number of aryl methyl sites for hydroxylation is 1. The second-order valence-corrected chi connectivity index (χ2v) is 7.14. The maximum absolute atomic E-state index is 14.6. The van der Waals surface area contributed by atoms with Crippen LogP contribution in [0.1, 0.15) is 16.8 Å². The zero-order valence-electron chi connectivity index (χ0n) is 17.5. The highest BCUT2D eigenvalue weighted by Crippen LogP contribution is 2.29. The van der Waals surface area contributed by atoms with Crippen LogP contribution in [0.3, 0.4) is 0 Å². The highest BCUT2D eigenvalue weighted by molar-refractivity contribution is 5.92. The van der Waals surface area contributed by atoms with Crippen molar-refractivity contribution < 1.29 is 22.7 Å². The molecule has 0 bridgehead atoms. The lowest BCUT2D eigenvalue weighted by molar-refractivity contribution is 0.187. The molecule has 0 aliphatic rings. The molecule has 0 aliphatic carbocycles. The molecule has 2 aromatic heterocycles. The van der Waals surface area contributed by atoms with Crippen LogP contribution in [0.15, 0.2) is 30.3 Å². The van der Waals surface area contributed by atoms with Crippen molar-refractivity contribution in [3.05, 3.63) is 64.6 Å². The molecule has 0 radical (unpaired) electrons. The second-order valence-electron chi connectivity index (χ2n) is 7.14. The van der Waals surface area contributed by atoms with Crippen molar-refractivity contribution in [1.82, 2.24) is 19.7 Å². The first-order chi connectivity index (χ1) is 15.7. The first-order valence-corrected chi connectivity index (χ1v) is 9.58. The Labute approximate surface area is 185 Å². The molecule has 2 heterocycles. The molecule has 2 aromatic carbocycles. The lowest BCUT2D eigenvalue weighted by atomic mass is 10.0. The molecule has 0 saturated heterocycles. The number of fused-ring (bicyclic) bond motifs is 1. The number of methoxy groups -OCH3 is 1. The van der Waals surface area contributed by atoms with Crippen LogP contribution in [0.2, 0.25) is 0 Å². The maximum Gasteiger partial charge on any atom is 0.411 e. The number of hydrogen-bond donors (Lipinski definition) is 3. The topological polar surface area (TPSA) is 134 Å². The summed E-state index contributed by atoms with van der Waals surface area (Å²) >= 11 is 0. The summed E-state index contributed by atoms with van der Waals surface area (Å²) in [5, 5.41) is 6.97. The Balaban J connectivity index is 1.86. The fourth-order valence-corrected chi connectivity index (χ4v) is 3.34. The molecule has 4 rings (SSSR count). The van der Waals surface area contributed by atoms with E-state index in [9.17, 15) is 18.0 Å². The van der Waals surface area contributed by atoms with Crippen LogP contribution in [-0.2, 0) is 11.2 Å². The Morgan fingerprint density at radius 2 is 1.82 bits per heavy atom. The largest absolute Gasteiger partial charge is 0.453 e. The Morgan fingerprint density at radius 3 is 2.48 bits per heavy atom. The van der Waals surface area contributed by atoms with E-state index in [4.69, 9.17) is 11.5 Å². The number of carbonyl (C=O) groups excluding carboxylic acids is 1. The smallest absolute Gasteiger partial charge is 0.411 e. The summed E-state index contributed by atoms with van der Waals surface area (Å²) in [4.78, 5) is 19.7. The van der Waals surface area contributed by atoms with Crippen molar-refractivity contribution in [3.63, 3.8) is 0 Å². The highest BCUT2D eigenvalue weighted by Gasteiger charge is 2.21. The van der Waals surface area contributed by atoms with Gasteiger partial charge in [0.1, 0.15) is 23.1 Å². The standard InChI is InChI=1S/C21H18F3N7O2/c1-9-3-5-13(23)11(16(9)24)8-14-12-7-10(22)4-6-15(12)31(30-14)20-28-18(25)17(19(26)29-20)27-21(32)33-2/h3-7H,8H2,1-2H3,(H,27,32)(H4,25,26,28,29). The molecule has 5 N–H and O–H groups in total. The number of nitrogens with one attached hydrogen (secondary N) is 1. The molecule has 0 spiro atoms. The van der Waals surface area contributed by atoms with Crippen molar-refractivity contribution in [1.29, 1.82) is 0 Å². The number of benzene rings is 2. The molecular weight excluding hydrogens is 439 g/mol. The third-order valence-corrected chi connectivity index (χ3v) is 5.00. The number of hydrogen-bond acceptors (Lipinski definition) is 7. The first kappa shape index (κ1) is 21.9. The van der Waals surface area contributed by atoms with Gasteiger partial charge in [0.15, 0.2) is 11.6 Å². The van der Waals surface area contributed by atoms with Gasteiger partial charge in [-0.25, -0.2) is 18.0 Å². The molecule has 33 heavy (non-hydrogen) atoms. The number of amides is 1. The Hall–Kier alpha value is -4.35. The van der Waals surface area contributed by atoms with Crippen molar-refractivity contribution in [2.75, 3.05) is 23.9 Å². The van der Waals surface area contributed by atoms with E-state index in [1.165, 1.54) is 35.9 Å². The fraction of sp³-hybridized carbons (Fsp3) is 0.143. The molecule has 0 unspecified atom stereocenters. The minimum atomic E-state index is -0.825. The number of halogens is 3. The van der Waals surface area contributed by atoms with Crippen LogP contribution in [-0.4, -0.2) is 33.0 Å². The number of ether oxygens (including phenoxy) is 1. The first-order valence-electron chi connectivity index (χ1n) is 9.58. The molecule has 1 amide bonds. The van der Waals surface area contributed by atoms with Crippen LogP contribution in [0.5, 0.6) is 0 Å². The molecule has 0 saturated carbocycles. The summed E-state index contributed by atoms with van der Waals surface area (Å²) in [6, 6.07) is 6.29. The molecule has 0 fully saturated rings. The number of anilines is 3. The van der Waals surface area contributed by atoms with Gasteiger partial charge in [-0.1, -0.05) is 6.07 Å². The van der Waals surface area contributed by atoms with E-state index in [1.54, 1.807) is 0 Å². The maximum atomic E-state index is 14.6. The SMILES string of the molecule is COC(=O)Nc1c(N)nc(-n2nc(Cc3c(F)ccc(C)c3F)c3cc(F)ccc32)nc1N. The lowest BCUT2D eigenvalue weighted by Gasteiger charge is -2.11. The molecule has 12 heteroatoms. The van der Waals surface area contributed by atoms with Gasteiger partial charge < -0.3 is 16.2 Å². The van der Waals surface area contributed by atoms with Gasteiger partial charge in [0.05, 0.1) is 18.3 Å². The summed E-state index contributed by atoms with van der Waals surface area (Å²) < 4.78 is 48.7. The van der Waals surface area contributed by atoms with Crippen molar-refractivity contribution in [2.45, 2.75) is 13.3 Å². The van der Waals surface area contributed by atoms with Gasteiger partial charge in [0.2, 0.25) is 0 Å². The second kappa shape index (κ2) is 8.30. The van der Waals surface area contributed by atoms with Crippen LogP contribution < -0.4 is 16.8 Å². The van der Waals surface area contributed by atoms with Crippen LogP contribution in [0.4, 0.5) is 35.3 Å². The number of carbonyl (C=O) groups is 1. The number of aromatic nitrogens is 4. The van der Waals surface area contributed by atoms with Gasteiger partial charge in [-0.15, -0.1) is 0 Å². The van der Waals surface area contributed by atoms with E-state index < -0.39 is 23.5 Å². The number of nitrogens with two attached hydrogens (primary N) is 2. The molecule has 0 atom stereocenters. The average Bonchev–Trinajstić information content (AvgIpc) is 3.13. The summed E-state index contributed by atoms with van der Waals surface area (Å²) in [5.41, 5.74) is 12.4. The Kier molecular flexibility index (Phi) is 5.50. The minimum Gasteiger partial charge on any atom is -0.453 e. The zero-order valence-corrected chi connectivity index (χ0v) is 17.5. The lowest BCUT2D eigenvalue weighted by Crippen LogP contribution is -2.17.